The van der Waals surface area contributed by atoms with Crippen LogP contribution in [0.15, 0.2) is 12.4 Å². The minimum absolute atomic E-state index is 0.0613. The molecule has 0 fully saturated rings. The number of hydrogen-bond acceptors (Lipinski definition) is 4. The number of aromatic nitrogens is 3. The van der Waals surface area contributed by atoms with Gasteiger partial charge >= 0.3 is 0 Å². The Morgan fingerprint density at radius 2 is 2.04 bits per heavy atom. The Labute approximate surface area is 154 Å². The van der Waals surface area contributed by atoms with E-state index in [0.29, 0.717) is 17.8 Å². The van der Waals surface area contributed by atoms with Crippen molar-refractivity contribution in [3.05, 3.63) is 29.2 Å². The highest BCUT2D eigenvalue weighted by molar-refractivity contribution is 7.99. The fraction of sp³-hybridized carbons (Fsp3) is 0.632. The fourth-order valence-electron chi connectivity index (χ4n) is 3.33. The summed E-state index contributed by atoms with van der Waals surface area (Å²) in [6.07, 6.45) is 12.9. The van der Waals surface area contributed by atoms with Crippen LogP contribution in [0.2, 0.25) is 0 Å². The number of carbonyl (C=O) groups excluding carboxylic acids is 1. The van der Waals surface area contributed by atoms with Gasteiger partial charge < -0.3 is 5.32 Å². The van der Waals surface area contributed by atoms with Crippen molar-refractivity contribution in [3.8, 4) is 0 Å². The number of hydrogen-bond donors (Lipinski definition) is 1. The normalized spacial score (nSPS) is 14.8. The van der Waals surface area contributed by atoms with Crippen LogP contribution in [0.3, 0.4) is 0 Å². The van der Waals surface area contributed by atoms with E-state index in [9.17, 15) is 4.79 Å². The molecule has 1 amide bonds. The SMILES string of the molecule is CCCSCCCNC(=O)c1cnn2c3c(cnc12)CCCCCC3. The van der Waals surface area contributed by atoms with E-state index in [-0.39, 0.29) is 5.91 Å². The van der Waals surface area contributed by atoms with Crippen molar-refractivity contribution in [2.45, 2.75) is 58.3 Å². The van der Waals surface area contributed by atoms with Gasteiger partial charge in [0.2, 0.25) is 0 Å². The van der Waals surface area contributed by atoms with Gasteiger partial charge in [-0.2, -0.15) is 16.9 Å². The quantitative estimate of drug-likeness (QED) is 0.766. The monoisotopic (exact) mass is 360 g/mol. The molecule has 2 aromatic heterocycles. The Morgan fingerprint density at radius 3 is 2.88 bits per heavy atom. The predicted octanol–water partition coefficient (Wildman–Crippen LogP) is 3.65. The van der Waals surface area contributed by atoms with E-state index >= 15 is 0 Å². The number of fused-ring (bicyclic) bond motifs is 3. The molecule has 0 radical (unpaired) electrons. The Morgan fingerprint density at radius 1 is 1.20 bits per heavy atom. The van der Waals surface area contributed by atoms with Gasteiger partial charge in [-0.25, -0.2) is 9.50 Å². The minimum Gasteiger partial charge on any atom is -0.352 e. The van der Waals surface area contributed by atoms with Crippen LogP contribution in [-0.2, 0) is 12.8 Å². The predicted molar refractivity (Wildman–Crippen MR) is 103 cm³/mol. The molecule has 0 atom stereocenters. The summed E-state index contributed by atoms with van der Waals surface area (Å²) in [7, 11) is 0. The number of rotatable bonds is 7. The zero-order valence-electron chi connectivity index (χ0n) is 15.1. The standard InChI is InChI=1S/C19H28N4OS/c1-2-11-25-12-7-10-20-19(24)16-14-22-23-17-9-6-4-3-5-8-15(17)13-21-18(16)23/h13-14H,2-12H2,1H3,(H,20,24). The molecule has 6 heteroatoms. The van der Waals surface area contributed by atoms with Crippen LogP contribution in [0.4, 0.5) is 0 Å². The second-order valence-electron chi connectivity index (χ2n) is 6.66. The first-order valence-corrected chi connectivity index (χ1v) is 10.7. The van der Waals surface area contributed by atoms with Gasteiger partial charge in [-0.3, -0.25) is 4.79 Å². The van der Waals surface area contributed by atoms with Crippen LogP contribution in [0.25, 0.3) is 5.65 Å². The summed E-state index contributed by atoms with van der Waals surface area (Å²) in [6, 6.07) is 0. The van der Waals surface area contributed by atoms with Crippen LogP contribution in [0, 0.1) is 0 Å². The Kier molecular flexibility index (Phi) is 6.73. The lowest BCUT2D eigenvalue weighted by molar-refractivity contribution is 0.0955. The summed E-state index contributed by atoms with van der Waals surface area (Å²) in [5.41, 5.74) is 3.80. The summed E-state index contributed by atoms with van der Waals surface area (Å²) in [5, 5.41) is 7.49. The molecule has 25 heavy (non-hydrogen) atoms. The fourth-order valence-corrected chi connectivity index (χ4v) is 4.17. The molecule has 5 nitrogen and oxygen atoms in total. The topological polar surface area (TPSA) is 59.3 Å². The molecular weight excluding hydrogens is 332 g/mol. The third-order valence-corrected chi connectivity index (χ3v) is 5.94. The first kappa shape index (κ1) is 18.2. The van der Waals surface area contributed by atoms with Crippen molar-refractivity contribution >= 4 is 23.3 Å². The van der Waals surface area contributed by atoms with Gasteiger partial charge in [0, 0.05) is 18.4 Å². The number of nitrogens with zero attached hydrogens (tertiary/aromatic N) is 3. The molecule has 1 N–H and O–H groups in total. The zero-order chi connectivity index (χ0) is 17.5. The largest absolute Gasteiger partial charge is 0.352 e. The van der Waals surface area contributed by atoms with E-state index in [1.54, 1.807) is 6.20 Å². The molecule has 1 aliphatic rings. The van der Waals surface area contributed by atoms with Gasteiger partial charge in [-0.05, 0) is 55.6 Å². The van der Waals surface area contributed by atoms with E-state index in [1.165, 1.54) is 49.1 Å². The van der Waals surface area contributed by atoms with E-state index in [0.717, 1.165) is 25.0 Å². The average molecular weight is 361 g/mol. The van der Waals surface area contributed by atoms with Gasteiger partial charge in [0.15, 0.2) is 5.65 Å². The maximum atomic E-state index is 12.5. The Bertz CT molecular complexity index is 713. The average Bonchev–Trinajstić information content (AvgIpc) is 3.02. The second-order valence-corrected chi connectivity index (χ2v) is 7.88. The summed E-state index contributed by atoms with van der Waals surface area (Å²) in [4.78, 5) is 17.0. The molecule has 0 saturated heterocycles. The van der Waals surface area contributed by atoms with Crippen LogP contribution in [-0.4, -0.2) is 38.6 Å². The summed E-state index contributed by atoms with van der Waals surface area (Å²) in [5.74, 6) is 2.22. The minimum atomic E-state index is -0.0613. The molecule has 0 unspecified atom stereocenters. The van der Waals surface area contributed by atoms with Gasteiger partial charge in [-0.15, -0.1) is 0 Å². The zero-order valence-corrected chi connectivity index (χ0v) is 15.9. The number of thioether (sulfide) groups is 1. The van der Waals surface area contributed by atoms with Gasteiger partial charge in [-0.1, -0.05) is 19.8 Å². The lowest BCUT2D eigenvalue weighted by Gasteiger charge is -2.14. The molecule has 2 aromatic rings. The Balaban J connectivity index is 1.68. The highest BCUT2D eigenvalue weighted by Gasteiger charge is 2.18. The third kappa shape index (κ3) is 4.54. The van der Waals surface area contributed by atoms with Crippen molar-refractivity contribution in [3.63, 3.8) is 0 Å². The maximum absolute atomic E-state index is 12.5. The lowest BCUT2D eigenvalue weighted by Crippen LogP contribution is -2.25. The molecule has 1 aliphatic carbocycles. The van der Waals surface area contributed by atoms with Crippen LogP contribution < -0.4 is 5.32 Å². The first-order chi connectivity index (χ1) is 12.3. The van der Waals surface area contributed by atoms with Crippen molar-refractivity contribution in [1.82, 2.24) is 19.9 Å². The summed E-state index contributed by atoms with van der Waals surface area (Å²) < 4.78 is 1.90. The molecule has 0 aliphatic heterocycles. The maximum Gasteiger partial charge on any atom is 0.256 e. The summed E-state index contributed by atoms with van der Waals surface area (Å²) >= 11 is 1.94. The smallest absolute Gasteiger partial charge is 0.256 e. The van der Waals surface area contributed by atoms with Gasteiger partial charge in [0.05, 0.1) is 6.20 Å². The number of carbonyl (C=O) groups is 1. The number of nitrogens with one attached hydrogen (secondary N) is 1. The highest BCUT2D eigenvalue weighted by Crippen LogP contribution is 2.21. The van der Waals surface area contributed by atoms with E-state index in [1.807, 2.05) is 22.5 Å². The second kappa shape index (κ2) is 9.22. The van der Waals surface area contributed by atoms with Crippen LogP contribution >= 0.6 is 11.8 Å². The van der Waals surface area contributed by atoms with Crippen molar-refractivity contribution in [1.29, 1.82) is 0 Å². The molecule has 0 saturated carbocycles. The van der Waals surface area contributed by atoms with Gasteiger partial charge in [0.1, 0.15) is 5.56 Å². The molecule has 3 rings (SSSR count). The van der Waals surface area contributed by atoms with E-state index in [4.69, 9.17) is 0 Å². The van der Waals surface area contributed by atoms with Crippen molar-refractivity contribution in [2.24, 2.45) is 0 Å². The lowest BCUT2D eigenvalue weighted by atomic mass is 9.98. The third-order valence-electron chi connectivity index (χ3n) is 4.67. The van der Waals surface area contributed by atoms with Crippen LogP contribution in [0.5, 0.6) is 0 Å². The molecule has 0 spiro atoms. The Hall–Kier alpha value is -1.56. The molecule has 136 valence electrons. The molecular formula is C19H28N4OS. The van der Waals surface area contributed by atoms with Crippen molar-refractivity contribution < 1.29 is 4.79 Å². The molecule has 0 bridgehead atoms. The molecule has 2 heterocycles. The highest BCUT2D eigenvalue weighted by atomic mass is 32.2. The number of amides is 1. The molecule has 0 aromatic carbocycles. The summed E-state index contributed by atoms with van der Waals surface area (Å²) in [6.45, 7) is 2.90. The number of aryl methyl sites for hydroxylation is 2. The first-order valence-electron chi connectivity index (χ1n) is 9.51. The van der Waals surface area contributed by atoms with E-state index < -0.39 is 0 Å². The van der Waals surface area contributed by atoms with Crippen LogP contribution in [0.1, 0.15) is 67.1 Å². The van der Waals surface area contributed by atoms with Gasteiger partial charge in [0.25, 0.3) is 5.91 Å². The van der Waals surface area contributed by atoms with E-state index in [2.05, 4.69) is 22.3 Å². The van der Waals surface area contributed by atoms with Crippen molar-refractivity contribution in [2.75, 3.05) is 18.1 Å².